The van der Waals surface area contributed by atoms with Gasteiger partial charge in [-0.3, -0.25) is 9.69 Å². The summed E-state index contributed by atoms with van der Waals surface area (Å²) in [5.41, 5.74) is 7.96. The Bertz CT molecular complexity index is 1270. The van der Waals surface area contributed by atoms with E-state index in [1.54, 1.807) is 4.90 Å². The number of ether oxygens (including phenoxy) is 1. The van der Waals surface area contributed by atoms with E-state index < -0.39 is 0 Å². The number of amides is 1. The predicted molar refractivity (Wildman–Crippen MR) is 147 cm³/mol. The van der Waals surface area contributed by atoms with Gasteiger partial charge in [-0.15, -0.1) is 0 Å². The van der Waals surface area contributed by atoms with Crippen LogP contribution in [0.2, 0.25) is 0 Å². The monoisotopic (exact) mass is 487 g/mol. The molecule has 4 rings (SSSR count). The molecule has 6 heteroatoms. The molecular formula is C29H33N3O2S. The summed E-state index contributed by atoms with van der Waals surface area (Å²) in [7, 11) is 0. The number of aryl methyl sites for hydroxylation is 3. The molecule has 5 nitrogen and oxygen atoms in total. The Morgan fingerprint density at radius 3 is 2.51 bits per heavy atom. The molecule has 2 heterocycles. The maximum Gasteiger partial charge on any atom is 0.266 e. The highest BCUT2D eigenvalue weighted by Crippen LogP contribution is 2.36. The number of benzene rings is 2. The van der Waals surface area contributed by atoms with E-state index in [0.717, 1.165) is 29.1 Å². The number of hydrogen-bond acceptors (Lipinski definition) is 4. The summed E-state index contributed by atoms with van der Waals surface area (Å²) in [6, 6.07) is 18.4. The summed E-state index contributed by atoms with van der Waals surface area (Å²) in [5, 5.41) is 0.688. The molecule has 0 radical (unpaired) electrons. The van der Waals surface area contributed by atoms with Crippen LogP contribution in [-0.4, -0.2) is 40.3 Å². The summed E-state index contributed by atoms with van der Waals surface area (Å²) in [6.07, 6.45) is 2.98. The second-order valence-electron chi connectivity index (χ2n) is 8.59. The Morgan fingerprint density at radius 2 is 1.80 bits per heavy atom. The minimum atomic E-state index is -0.0284. The van der Waals surface area contributed by atoms with Crippen molar-refractivity contribution in [3.8, 4) is 5.69 Å². The number of nitrogens with zero attached hydrogens (tertiary/aromatic N) is 3. The maximum atomic E-state index is 13.4. The molecule has 0 N–H and O–H groups in total. The number of thioether (sulfide) groups is 1. The van der Waals surface area contributed by atoms with Crippen molar-refractivity contribution < 1.29 is 9.53 Å². The van der Waals surface area contributed by atoms with Crippen LogP contribution in [0.1, 0.15) is 41.9 Å². The summed E-state index contributed by atoms with van der Waals surface area (Å²) >= 11 is 1.43. The number of amidine groups is 1. The number of hydrogen-bond donors (Lipinski definition) is 0. The maximum absolute atomic E-state index is 13.4. The minimum Gasteiger partial charge on any atom is -0.380 e. The molecule has 0 unspecified atom stereocenters. The molecule has 1 aliphatic heterocycles. The summed E-state index contributed by atoms with van der Waals surface area (Å²) in [4.78, 5) is 20.6. The SMILES string of the molecule is CCOCCN1C(=O)/C(=C/c2cc(C)n(-c3c(C)cccc3CC)c2C)SC1=Nc1ccccc1. The van der Waals surface area contributed by atoms with Crippen LogP contribution in [0.3, 0.4) is 0 Å². The predicted octanol–water partition coefficient (Wildman–Crippen LogP) is 6.61. The van der Waals surface area contributed by atoms with Crippen molar-refractivity contribution in [3.63, 3.8) is 0 Å². The van der Waals surface area contributed by atoms with Crippen LogP contribution in [0, 0.1) is 20.8 Å². The zero-order valence-corrected chi connectivity index (χ0v) is 22.0. The van der Waals surface area contributed by atoms with Crippen LogP contribution in [0.4, 0.5) is 5.69 Å². The summed E-state index contributed by atoms with van der Waals surface area (Å²) in [6.45, 7) is 12.1. The minimum absolute atomic E-state index is 0.0284. The third-order valence-electron chi connectivity index (χ3n) is 6.22. The average Bonchev–Trinajstić information content (AvgIpc) is 3.29. The molecule has 0 atom stereocenters. The van der Waals surface area contributed by atoms with E-state index in [0.29, 0.717) is 29.8 Å². The van der Waals surface area contributed by atoms with E-state index in [2.05, 4.69) is 56.5 Å². The molecule has 0 aliphatic carbocycles. The normalized spacial score (nSPS) is 16.1. The zero-order valence-electron chi connectivity index (χ0n) is 21.2. The van der Waals surface area contributed by atoms with Crippen LogP contribution in [0.15, 0.2) is 64.5 Å². The van der Waals surface area contributed by atoms with Crippen molar-refractivity contribution in [3.05, 3.63) is 87.6 Å². The molecule has 0 bridgehead atoms. The second kappa shape index (κ2) is 11.1. The Kier molecular flexibility index (Phi) is 7.93. The summed E-state index contributed by atoms with van der Waals surface area (Å²) in [5.74, 6) is -0.0284. The first-order valence-corrected chi connectivity index (χ1v) is 13.0. The standard InChI is InChI=1S/C29H33N3O2S/c1-6-23-13-11-12-20(3)27(23)32-21(4)18-24(22(32)5)19-26-28(33)31(16-17-34-7-2)29(35-26)30-25-14-9-8-10-15-25/h8-15,18-19H,6-7,16-17H2,1-5H3/b26-19-,30-29?. The fourth-order valence-electron chi connectivity index (χ4n) is 4.45. The molecule has 1 aliphatic rings. The van der Waals surface area contributed by atoms with Gasteiger partial charge >= 0.3 is 0 Å². The number of rotatable bonds is 8. The van der Waals surface area contributed by atoms with Gasteiger partial charge in [0, 0.05) is 18.0 Å². The molecule has 182 valence electrons. The van der Waals surface area contributed by atoms with Crippen LogP contribution in [0.25, 0.3) is 11.8 Å². The molecular weight excluding hydrogens is 454 g/mol. The number of para-hydroxylation sites is 2. The van der Waals surface area contributed by atoms with E-state index in [1.807, 2.05) is 43.3 Å². The van der Waals surface area contributed by atoms with Gasteiger partial charge in [-0.05, 0) is 86.8 Å². The third-order valence-corrected chi connectivity index (χ3v) is 7.22. The van der Waals surface area contributed by atoms with Gasteiger partial charge in [0.1, 0.15) is 0 Å². The Labute approximate surface area is 212 Å². The Morgan fingerprint density at radius 1 is 1.03 bits per heavy atom. The topological polar surface area (TPSA) is 46.8 Å². The zero-order chi connectivity index (χ0) is 24.9. The van der Waals surface area contributed by atoms with Crippen molar-refractivity contribution in [2.45, 2.75) is 41.0 Å². The van der Waals surface area contributed by atoms with Gasteiger partial charge in [-0.2, -0.15) is 0 Å². The van der Waals surface area contributed by atoms with Gasteiger partial charge in [0.05, 0.1) is 29.4 Å². The lowest BCUT2D eigenvalue weighted by molar-refractivity contribution is -0.122. The van der Waals surface area contributed by atoms with E-state index in [4.69, 9.17) is 9.73 Å². The van der Waals surface area contributed by atoms with Crippen LogP contribution in [0.5, 0.6) is 0 Å². The van der Waals surface area contributed by atoms with E-state index in [9.17, 15) is 4.79 Å². The van der Waals surface area contributed by atoms with Gasteiger partial charge in [-0.1, -0.05) is 43.3 Å². The highest BCUT2D eigenvalue weighted by atomic mass is 32.2. The van der Waals surface area contributed by atoms with Crippen molar-refractivity contribution in [1.82, 2.24) is 9.47 Å². The first-order chi connectivity index (χ1) is 16.9. The molecule has 3 aromatic rings. The number of aromatic nitrogens is 1. The van der Waals surface area contributed by atoms with Crippen LogP contribution >= 0.6 is 11.8 Å². The fourth-order valence-corrected chi connectivity index (χ4v) is 5.46. The number of carbonyl (C=O) groups is 1. The highest BCUT2D eigenvalue weighted by molar-refractivity contribution is 8.18. The van der Waals surface area contributed by atoms with Crippen molar-refractivity contribution in [1.29, 1.82) is 0 Å². The quantitative estimate of drug-likeness (QED) is 0.265. The lowest BCUT2D eigenvalue weighted by atomic mass is 10.1. The number of carbonyl (C=O) groups excluding carboxylic acids is 1. The third kappa shape index (κ3) is 5.29. The van der Waals surface area contributed by atoms with Crippen molar-refractivity contribution in [2.75, 3.05) is 19.8 Å². The lowest BCUT2D eigenvalue weighted by Crippen LogP contribution is -2.32. The average molecular weight is 488 g/mol. The largest absolute Gasteiger partial charge is 0.380 e. The van der Waals surface area contributed by atoms with Gasteiger partial charge in [-0.25, -0.2) is 4.99 Å². The molecule has 1 saturated heterocycles. The summed E-state index contributed by atoms with van der Waals surface area (Å²) < 4.78 is 7.85. The first-order valence-electron chi connectivity index (χ1n) is 12.1. The molecule has 2 aromatic carbocycles. The molecule has 1 amide bonds. The van der Waals surface area contributed by atoms with Crippen LogP contribution < -0.4 is 0 Å². The second-order valence-corrected chi connectivity index (χ2v) is 9.60. The van der Waals surface area contributed by atoms with Crippen molar-refractivity contribution in [2.24, 2.45) is 4.99 Å². The molecule has 35 heavy (non-hydrogen) atoms. The van der Waals surface area contributed by atoms with Crippen LogP contribution in [-0.2, 0) is 16.0 Å². The Balaban J connectivity index is 1.72. The first kappa shape index (κ1) is 25.0. The van der Waals surface area contributed by atoms with Gasteiger partial charge in [0.2, 0.25) is 0 Å². The molecule has 0 spiro atoms. The van der Waals surface area contributed by atoms with Gasteiger partial charge in [0.15, 0.2) is 5.17 Å². The molecule has 1 fully saturated rings. The Hall–Kier alpha value is -3.09. The van der Waals surface area contributed by atoms with E-state index in [-0.39, 0.29) is 5.91 Å². The molecule has 0 saturated carbocycles. The molecule has 1 aromatic heterocycles. The fraction of sp³-hybridized carbons (Fsp3) is 0.310. The van der Waals surface area contributed by atoms with Gasteiger partial charge < -0.3 is 9.30 Å². The lowest BCUT2D eigenvalue weighted by Gasteiger charge is -2.17. The van der Waals surface area contributed by atoms with E-state index >= 15 is 0 Å². The highest BCUT2D eigenvalue weighted by Gasteiger charge is 2.33. The van der Waals surface area contributed by atoms with Crippen molar-refractivity contribution >= 4 is 34.6 Å². The van der Waals surface area contributed by atoms with Gasteiger partial charge in [0.25, 0.3) is 5.91 Å². The number of aliphatic imine (C=N–C) groups is 1. The smallest absolute Gasteiger partial charge is 0.266 e. The van der Waals surface area contributed by atoms with E-state index in [1.165, 1.54) is 28.6 Å².